The summed E-state index contributed by atoms with van der Waals surface area (Å²) < 4.78 is 0. The number of aliphatic hydroxyl groups excluding tert-OH is 1. The number of carbonyl (C=O) groups excluding carboxylic acids is 11. The van der Waals surface area contributed by atoms with Crippen LogP contribution in [0.3, 0.4) is 0 Å². The summed E-state index contributed by atoms with van der Waals surface area (Å²) in [6.07, 6.45) is 3.48. The van der Waals surface area contributed by atoms with Crippen LogP contribution in [-0.2, 0) is 52.7 Å². The lowest BCUT2D eigenvalue weighted by Gasteiger charge is -2.41. The molecule has 85 heavy (non-hydrogen) atoms. The first kappa shape index (κ1) is 76.9. The third kappa shape index (κ3) is 22.6. The first-order valence-corrected chi connectivity index (χ1v) is 30.7. The van der Waals surface area contributed by atoms with Gasteiger partial charge in [0.1, 0.15) is 60.4 Å². The Hall–Kier alpha value is -6.13. The maximum absolute atomic E-state index is 15.1. The van der Waals surface area contributed by atoms with E-state index in [0.29, 0.717) is 12.8 Å². The molecule has 12 atom stereocenters. The van der Waals surface area contributed by atoms with Gasteiger partial charge in [-0.15, -0.1) is 0 Å². The number of rotatable bonds is 16. The van der Waals surface area contributed by atoms with Crippen molar-refractivity contribution in [3.05, 3.63) is 12.2 Å². The van der Waals surface area contributed by atoms with Crippen molar-refractivity contribution in [1.82, 2.24) is 56.0 Å². The molecule has 1 rings (SSSR count). The Morgan fingerprint density at radius 3 is 1.38 bits per heavy atom. The number of nitrogens with one attached hydrogen (secondary N) is 5. The van der Waals surface area contributed by atoms with Gasteiger partial charge in [0.25, 0.3) is 0 Å². The van der Waals surface area contributed by atoms with E-state index < -0.39 is 156 Å². The van der Waals surface area contributed by atoms with Gasteiger partial charge in [-0.05, 0) is 101 Å². The summed E-state index contributed by atoms with van der Waals surface area (Å²) in [7, 11) is 8.48. The predicted octanol–water partition coefficient (Wildman–Crippen LogP) is 3.32. The van der Waals surface area contributed by atoms with Gasteiger partial charge in [0.15, 0.2) is 0 Å². The molecule has 1 heterocycles. The van der Waals surface area contributed by atoms with E-state index in [4.69, 9.17) is 0 Å². The molecule has 23 nitrogen and oxygen atoms in total. The van der Waals surface area contributed by atoms with Crippen LogP contribution >= 0.6 is 0 Å². The number of carbonyl (C=O) groups is 11. The highest BCUT2D eigenvalue weighted by Crippen LogP contribution is 2.25. The minimum atomic E-state index is -1.61. The molecular formula is C62H111N11O12. The fourth-order valence-corrected chi connectivity index (χ4v) is 10.6. The monoisotopic (exact) mass is 1200 g/mol. The van der Waals surface area contributed by atoms with Crippen LogP contribution in [0, 0.1) is 41.4 Å². The van der Waals surface area contributed by atoms with Crippen LogP contribution in [0.25, 0.3) is 0 Å². The van der Waals surface area contributed by atoms with E-state index in [1.54, 1.807) is 54.5 Å². The summed E-state index contributed by atoms with van der Waals surface area (Å²) in [5, 5.41) is 25.9. The second-order valence-electron chi connectivity index (χ2n) is 26.1. The topological polar surface area (TPSA) is 288 Å². The maximum Gasteiger partial charge on any atom is 0.246 e. The minimum Gasteiger partial charge on any atom is -0.390 e. The van der Waals surface area contributed by atoms with Crippen molar-refractivity contribution < 1.29 is 57.8 Å². The van der Waals surface area contributed by atoms with Gasteiger partial charge in [0.2, 0.25) is 65.0 Å². The molecule has 1 fully saturated rings. The highest BCUT2D eigenvalue weighted by Gasteiger charge is 2.45. The quantitative estimate of drug-likeness (QED) is 0.121. The summed E-state index contributed by atoms with van der Waals surface area (Å²) >= 11 is 0. The number of aliphatic hydroxyl groups is 1. The Labute approximate surface area is 508 Å². The maximum atomic E-state index is 15.1. The van der Waals surface area contributed by atoms with Gasteiger partial charge in [0, 0.05) is 42.3 Å². The Morgan fingerprint density at radius 2 is 0.906 bits per heavy atom. The number of hydrogen-bond acceptors (Lipinski definition) is 12. The molecule has 486 valence electrons. The van der Waals surface area contributed by atoms with Gasteiger partial charge in [-0.25, -0.2) is 0 Å². The van der Waals surface area contributed by atoms with Gasteiger partial charge in [0.05, 0.1) is 12.6 Å². The van der Waals surface area contributed by atoms with E-state index >= 15 is 9.59 Å². The van der Waals surface area contributed by atoms with Gasteiger partial charge < -0.3 is 61.1 Å². The van der Waals surface area contributed by atoms with Crippen molar-refractivity contribution in [2.24, 2.45) is 41.4 Å². The van der Waals surface area contributed by atoms with E-state index in [9.17, 15) is 48.3 Å². The van der Waals surface area contributed by atoms with Crippen molar-refractivity contribution in [3.8, 4) is 0 Å². The molecule has 23 heteroatoms. The Bertz CT molecular complexity index is 2310. The normalized spacial score (nSPS) is 26.8. The van der Waals surface area contributed by atoms with Gasteiger partial charge in [-0.2, -0.15) is 0 Å². The second-order valence-corrected chi connectivity index (χ2v) is 26.1. The fourth-order valence-electron chi connectivity index (χ4n) is 10.6. The number of nitrogens with zero attached hydrogens (tertiary/aromatic N) is 6. The first-order chi connectivity index (χ1) is 39.3. The van der Waals surface area contributed by atoms with Crippen LogP contribution in [-0.4, -0.2) is 215 Å². The third-order valence-corrected chi connectivity index (χ3v) is 15.8. The predicted molar refractivity (Wildman–Crippen MR) is 328 cm³/mol. The lowest BCUT2D eigenvalue weighted by Crippen LogP contribution is -2.63. The summed E-state index contributed by atoms with van der Waals surface area (Å²) in [5.41, 5.74) is 0. The average molecular weight is 1200 g/mol. The van der Waals surface area contributed by atoms with Crippen molar-refractivity contribution in [3.63, 3.8) is 0 Å². The molecule has 6 N–H and O–H groups in total. The summed E-state index contributed by atoms with van der Waals surface area (Å²) in [6, 6.07) is -12.4. The Morgan fingerprint density at radius 1 is 0.471 bits per heavy atom. The number of amides is 11. The smallest absolute Gasteiger partial charge is 0.246 e. The van der Waals surface area contributed by atoms with Crippen LogP contribution in [0.1, 0.15) is 163 Å². The molecule has 0 saturated carbocycles. The van der Waals surface area contributed by atoms with Crippen LogP contribution in [0.2, 0.25) is 0 Å². The fraction of sp³-hybridized carbons (Fsp3) is 0.790. The molecule has 0 aromatic carbocycles. The van der Waals surface area contributed by atoms with Crippen LogP contribution in [0.4, 0.5) is 0 Å². The standard InChI is InChI=1S/C62H111N11O12/c1-24-26-28-40(15)52(75)51-57(80)65-43(27-25-2)58(81)68(18)33-48(74)69(19)45(30-35(5)6)56(79)67-49(38(11)12)61(84)70(20)46(31-36(7)8)55(78)64-41(16)53(76)63-42(17)54(77)66-44(29-34(3)4)59(82)71(21)47(32-37(9)10)60(83)72(22)50(39(13)14)62(85)73(51)23/h24,26,34-47,49-52,75H,25,27-33H2,1-23H3,(H,63,76)(H,64,78)(H,65,80)(H,66,77)(H,67,79)/b26-24+/t40-,41+,42-,43-,44+,45+,46-,47+,49+,50-,51+,52-/m1/s1. The molecule has 0 aliphatic carbocycles. The van der Waals surface area contributed by atoms with E-state index in [0.717, 1.165) is 9.80 Å². The second kappa shape index (κ2) is 35.5. The molecule has 1 aliphatic rings. The largest absolute Gasteiger partial charge is 0.390 e. The SMILES string of the molecule is C/C=C/C[C@@H](C)[C@@H](O)[C@H]1C(=O)N[C@H](CCC)C(=O)N(C)CC(=O)N(C)[C@@H](CC(C)C)C(=O)N[C@@H](C(C)C)C(=O)N(C)[C@H](CC(C)C)C(=O)N[C@@H](C)C(=O)N[C@H](C)C(=O)N[C@@H](CC(C)C)C(=O)N(C)[C@@H](CC(C)C)C(=O)N(C)[C@H](C(C)C)C(=O)N1C. The van der Waals surface area contributed by atoms with Crippen molar-refractivity contribution in [1.29, 1.82) is 0 Å². The van der Waals surface area contributed by atoms with Crippen molar-refractivity contribution >= 4 is 65.0 Å². The molecule has 1 aliphatic heterocycles. The van der Waals surface area contributed by atoms with Gasteiger partial charge in [-0.1, -0.05) is 116 Å². The van der Waals surface area contributed by atoms with E-state index in [2.05, 4.69) is 26.6 Å². The van der Waals surface area contributed by atoms with Crippen LogP contribution in [0.5, 0.6) is 0 Å². The van der Waals surface area contributed by atoms with Crippen LogP contribution in [0.15, 0.2) is 12.2 Å². The summed E-state index contributed by atoms with van der Waals surface area (Å²) in [6.45, 7) is 29.4. The molecule has 0 spiro atoms. The molecule has 11 amide bonds. The zero-order valence-corrected chi connectivity index (χ0v) is 55.8. The zero-order chi connectivity index (χ0) is 65.8. The van der Waals surface area contributed by atoms with Gasteiger partial charge >= 0.3 is 0 Å². The van der Waals surface area contributed by atoms with E-state index in [-0.39, 0.29) is 55.8 Å². The highest BCUT2D eigenvalue weighted by atomic mass is 16.3. The minimum absolute atomic E-state index is 0.0920. The molecule has 1 saturated heterocycles. The third-order valence-electron chi connectivity index (χ3n) is 15.8. The summed E-state index contributed by atoms with van der Waals surface area (Å²) in [5.74, 6) is -9.82. The number of hydrogen-bond donors (Lipinski definition) is 6. The van der Waals surface area contributed by atoms with E-state index in [1.807, 2.05) is 61.5 Å². The Kier molecular flexibility index (Phi) is 32.1. The zero-order valence-electron chi connectivity index (χ0n) is 55.8. The lowest BCUT2D eigenvalue weighted by molar-refractivity contribution is -0.156. The molecular weight excluding hydrogens is 1090 g/mol. The average Bonchev–Trinajstić information content (AvgIpc) is 3.12. The van der Waals surface area contributed by atoms with Crippen molar-refractivity contribution in [2.75, 3.05) is 48.8 Å². The van der Waals surface area contributed by atoms with Crippen molar-refractivity contribution in [2.45, 2.75) is 229 Å². The van der Waals surface area contributed by atoms with Crippen LogP contribution < -0.4 is 26.6 Å². The molecule has 0 radical (unpaired) electrons. The Balaban J connectivity index is 4.31. The number of allylic oxidation sites excluding steroid dienone is 2. The molecule has 0 bridgehead atoms. The lowest BCUT2D eigenvalue weighted by atomic mass is 9.91. The van der Waals surface area contributed by atoms with Gasteiger partial charge in [-0.3, -0.25) is 52.7 Å². The molecule has 0 aromatic rings. The first-order valence-electron chi connectivity index (χ1n) is 30.7. The number of likely N-dealkylation sites (N-methyl/N-ethyl adjacent to an activating group) is 6. The highest BCUT2D eigenvalue weighted by molar-refractivity contribution is 5.99. The summed E-state index contributed by atoms with van der Waals surface area (Å²) in [4.78, 5) is 167. The molecule has 0 unspecified atom stereocenters. The van der Waals surface area contributed by atoms with E-state index in [1.165, 1.54) is 75.7 Å². The molecule has 0 aromatic heterocycles.